The summed E-state index contributed by atoms with van der Waals surface area (Å²) >= 11 is 0. The predicted molar refractivity (Wildman–Crippen MR) is 101 cm³/mol. The summed E-state index contributed by atoms with van der Waals surface area (Å²) in [4.78, 5) is 27.7. The van der Waals surface area contributed by atoms with Crippen molar-refractivity contribution in [3.8, 4) is 0 Å². The smallest absolute Gasteiger partial charge is 0.262 e. The van der Waals surface area contributed by atoms with Crippen molar-refractivity contribution in [1.29, 1.82) is 0 Å². The summed E-state index contributed by atoms with van der Waals surface area (Å²) in [7, 11) is 0. The molecule has 6 nitrogen and oxygen atoms in total. The lowest BCUT2D eigenvalue weighted by Gasteiger charge is -2.38. The van der Waals surface area contributed by atoms with Gasteiger partial charge in [0, 0.05) is 29.9 Å². The zero-order chi connectivity index (χ0) is 20.2. The maximum absolute atomic E-state index is 13.3. The minimum atomic E-state index is -1.82. The normalized spacial score (nSPS) is 45.0. The fourth-order valence-corrected chi connectivity index (χ4v) is 6.94. The van der Waals surface area contributed by atoms with Crippen LogP contribution < -0.4 is 0 Å². The highest BCUT2D eigenvalue weighted by Crippen LogP contribution is 2.66. The van der Waals surface area contributed by atoms with Gasteiger partial charge in [-0.2, -0.15) is 0 Å². The first-order chi connectivity index (χ1) is 13.1. The van der Waals surface area contributed by atoms with E-state index in [4.69, 9.17) is 4.74 Å². The number of aliphatic hydroxyl groups is 2. The monoisotopic (exact) mass is 387 g/mol. The number of amides is 1. The average Bonchev–Trinajstić information content (AvgIpc) is 2.86. The van der Waals surface area contributed by atoms with Gasteiger partial charge < -0.3 is 19.8 Å². The molecule has 1 amide bonds. The minimum Gasteiger partial charge on any atom is -0.387 e. The van der Waals surface area contributed by atoms with Gasteiger partial charge in [0.25, 0.3) is 5.91 Å². The van der Waals surface area contributed by atoms with Crippen LogP contribution in [0.1, 0.15) is 53.4 Å². The van der Waals surface area contributed by atoms with E-state index >= 15 is 0 Å². The average molecular weight is 387 g/mol. The Labute approximate surface area is 165 Å². The Morgan fingerprint density at radius 2 is 1.89 bits per heavy atom. The molecule has 0 spiro atoms. The van der Waals surface area contributed by atoms with Gasteiger partial charge in [-0.25, -0.2) is 0 Å². The molecule has 152 valence electrons. The van der Waals surface area contributed by atoms with Crippen LogP contribution in [0, 0.1) is 22.7 Å². The van der Waals surface area contributed by atoms with Crippen molar-refractivity contribution in [3.63, 3.8) is 0 Å². The Morgan fingerprint density at radius 3 is 2.57 bits per heavy atom. The zero-order valence-corrected chi connectivity index (χ0v) is 17.0. The molecule has 5 unspecified atom stereocenters. The van der Waals surface area contributed by atoms with E-state index < -0.39 is 17.3 Å². The van der Waals surface area contributed by atoms with E-state index in [0.717, 1.165) is 18.4 Å². The molecule has 2 heterocycles. The third kappa shape index (κ3) is 1.89. The first kappa shape index (κ1) is 18.5. The molecule has 0 saturated heterocycles. The van der Waals surface area contributed by atoms with Crippen LogP contribution in [0.25, 0.3) is 0 Å². The third-order valence-electron chi connectivity index (χ3n) is 8.20. The maximum atomic E-state index is 13.3. The minimum absolute atomic E-state index is 0.0920. The van der Waals surface area contributed by atoms with Crippen LogP contribution in [0.5, 0.6) is 0 Å². The molecule has 5 rings (SSSR count). The summed E-state index contributed by atoms with van der Waals surface area (Å²) in [5.41, 5.74) is 1.63. The fourth-order valence-electron chi connectivity index (χ4n) is 6.94. The number of allylic oxidation sites excluding steroid dienone is 1. The second-order valence-corrected chi connectivity index (χ2v) is 10.1. The highest BCUT2D eigenvalue weighted by Gasteiger charge is 2.68. The van der Waals surface area contributed by atoms with Crippen molar-refractivity contribution in [2.24, 2.45) is 22.7 Å². The number of Topliss-reactive ketones (excluding diaryl/α,β-unsaturated/α-hetero) is 1. The molecule has 0 aromatic carbocycles. The van der Waals surface area contributed by atoms with Gasteiger partial charge in [0.1, 0.15) is 6.10 Å². The van der Waals surface area contributed by atoms with E-state index in [1.165, 1.54) is 0 Å². The summed E-state index contributed by atoms with van der Waals surface area (Å²) in [6.07, 6.45) is 1.64. The van der Waals surface area contributed by atoms with Crippen molar-refractivity contribution in [1.82, 2.24) is 4.90 Å². The van der Waals surface area contributed by atoms with Gasteiger partial charge in [0.05, 0.1) is 17.9 Å². The molecule has 5 aliphatic rings. The maximum Gasteiger partial charge on any atom is 0.262 e. The molecule has 6 heteroatoms. The molecule has 0 radical (unpaired) electrons. The van der Waals surface area contributed by atoms with Crippen LogP contribution >= 0.6 is 0 Å². The third-order valence-corrected chi connectivity index (χ3v) is 8.20. The number of aliphatic hydroxyl groups excluding tert-OH is 1. The topological polar surface area (TPSA) is 87.1 Å². The van der Waals surface area contributed by atoms with E-state index in [-0.39, 0.29) is 42.1 Å². The van der Waals surface area contributed by atoms with Crippen LogP contribution in [0.4, 0.5) is 0 Å². The molecule has 2 aliphatic heterocycles. The molecule has 28 heavy (non-hydrogen) atoms. The Balaban J connectivity index is 1.90. The largest absolute Gasteiger partial charge is 0.387 e. The van der Waals surface area contributed by atoms with Crippen LogP contribution in [-0.2, 0) is 14.3 Å². The van der Waals surface area contributed by atoms with Gasteiger partial charge in [-0.15, -0.1) is 0 Å². The van der Waals surface area contributed by atoms with Crippen molar-refractivity contribution in [2.75, 3.05) is 13.2 Å². The van der Waals surface area contributed by atoms with Gasteiger partial charge in [0.2, 0.25) is 5.79 Å². The SMILES string of the molecule is CC(C)C1C(O)C2(O)OCCN3C(=O)C4=C5C3=C2C1(C)CCC5(C)CCC4=O. The van der Waals surface area contributed by atoms with Gasteiger partial charge in [-0.3, -0.25) is 9.59 Å². The summed E-state index contributed by atoms with van der Waals surface area (Å²) in [5.74, 6) is -2.23. The number of rotatable bonds is 1. The number of nitrogens with zero attached hydrogens (tertiary/aromatic N) is 1. The molecular weight excluding hydrogens is 358 g/mol. The second kappa shape index (κ2) is 5.35. The Morgan fingerprint density at radius 1 is 1.18 bits per heavy atom. The molecule has 0 aromatic rings. The summed E-state index contributed by atoms with van der Waals surface area (Å²) in [6, 6.07) is 0. The molecule has 0 aromatic heterocycles. The molecule has 2 N–H and O–H groups in total. The Bertz CT molecular complexity index is 872. The van der Waals surface area contributed by atoms with Crippen LogP contribution in [0.3, 0.4) is 0 Å². The van der Waals surface area contributed by atoms with Gasteiger partial charge in [-0.05, 0) is 36.2 Å². The number of carbonyl (C=O) groups excluding carboxylic acids is 2. The van der Waals surface area contributed by atoms with E-state index in [9.17, 15) is 19.8 Å². The molecular formula is C22H29NO5. The Kier molecular flexibility index (Phi) is 3.54. The van der Waals surface area contributed by atoms with Gasteiger partial charge >= 0.3 is 0 Å². The van der Waals surface area contributed by atoms with Crippen LogP contribution in [0.15, 0.2) is 22.4 Å². The molecule has 0 bridgehead atoms. The fraction of sp³-hybridized carbons (Fsp3) is 0.727. The van der Waals surface area contributed by atoms with E-state index in [1.54, 1.807) is 4.90 Å². The molecule has 5 atom stereocenters. The molecule has 3 aliphatic carbocycles. The van der Waals surface area contributed by atoms with Crippen LogP contribution in [-0.4, -0.2) is 51.8 Å². The predicted octanol–water partition coefficient (Wildman–Crippen LogP) is 1.91. The first-order valence-corrected chi connectivity index (χ1v) is 10.5. The van der Waals surface area contributed by atoms with E-state index in [2.05, 4.69) is 27.7 Å². The molecule has 1 saturated carbocycles. The van der Waals surface area contributed by atoms with Crippen molar-refractivity contribution >= 4 is 11.7 Å². The first-order valence-electron chi connectivity index (χ1n) is 10.5. The lowest BCUT2D eigenvalue weighted by atomic mass is 9.66. The van der Waals surface area contributed by atoms with Crippen molar-refractivity contribution < 1.29 is 24.5 Å². The number of ketones is 1. The van der Waals surface area contributed by atoms with Crippen LogP contribution in [0.2, 0.25) is 0 Å². The highest BCUT2D eigenvalue weighted by molar-refractivity contribution is 6.24. The number of hydrogen-bond donors (Lipinski definition) is 2. The van der Waals surface area contributed by atoms with Crippen molar-refractivity contribution in [2.45, 2.75) is 65.3 Å². The van der Waals surface area contributed by atoms with E-state index in [1.807, 2.05) is 0 Å². The molecule has 1 fully saturated rings. The summed E-state index contributed by atoms with van der Waals surface area (Å²) < 4.78 is 5.89. The second-order valence-electron chi connectivity index (χ2n) is 10.1. The van der Waals surface area contributed by atoms with Gasteiger partial charge in [0.15, 0.2) is 5.78 Å². The number of carbonyl (C=O) groups is 2. The number of ether oxygens (including phenoxy) is 1. The zero-order valence-electron chi connectivity index (χ0n) is 17.0. The van der Waals surface area contributed by atoms with E-state index in [0.29, 0.717) is 29.7 Å². The summed E-state index contributed by atoms with van der Waals surface area (Å²) in [6.45, 7) is 8.77. The lowest BCUT2D eigenvalue weighted by Crippen LogP contribution is -2.45. The van der Waals surface area contributed by atoms with Gasteiger partial charge in [-0.1, -0.05) is 27.7 Å². The Hall–Kier alpha value is -1.50. The lowest BCUT2D eigenvalue weighted by molar-refractivity contribution is -0.226. The summed E-state index contributed by atoms with van der Waals surface area (Å²) in [5, 5.41) is 22.9. The van der Waals surface area contributed by atoms with Crippen molar-refractivity contribution in [3.05, 3.63) is 22.4 Å². The quantitative estimate of drug-likeness (QED) is 0.671. The highest BCUT2D eigenvalue weighted by atomic mass is 16.6. The number of hydrogen-bond acceptors (Lipinski definition) is 5. The standard InChI is InChI=1S/C22H29NO5/c1-11(2)14-18(25)22(27)17-16-15-13(19(26)23(16)9-10-28-22)12(24)5-6-20(15,3)7-8-21(14,17)4/h11,14,18,25,27H,5-10H2,1-4H3.